The van der Waals surface area contributed by atoms with Crippen molar-refractivity contribution in [3.05, 3.63) is 141 Å². The van der Waals surface area contributed by atoms with Crippen molar-refractivity contribution in [2.75, 3.05) is 12.4 Å². The molecule has 1 N–H and O–H groups in total. The number of rotatable bonds is 10. The molecule has 0 saturated heterocycles. The molecular weight excluding hydrogens is 924 g/mol. The van der Waals surface area contributed by atoms with Crippen LogP contribution >= 0.6 is 11.6 Å². The van der Waals surface area contributed by atoms with E-state index in [1.807, 2.05) is 18.2 Å². The van der Waals surface area contributed by atoms with E-state index in [9.17, 15) is 53.6 Å². The third-order valence-corrected chi connectivity index (χ3v) is 9.50. The van der Waals surface area contributed by atoms with E-state index in [-0.39, 0.29) is 110 Å². The van der Waals surface area contributed by atoms with E-state index in [0.717, 1.165) is 11.5 Å². The van der Waals surface area contributed by atoms with Crippen LogP contribution in [0.3, 0.4) is 0 Å². The summed E-state index contributed by atoms with van der Waals surface area (Å²) in [5.74, 6) is -2.60. The Morgan fingerprint density at radius 3 is 1.90 bits per heavy atom. The number of methoxy groups -OCH3 is 1. The van der Waals surface area contributed by atoms with Gasteiger partial charge in [0.05, 0.1) is 45.8 Å². The Labute approximate surface area is 416 Å². The maximum Gasteiger partial charge on any atom is 3.00 e. The van der Waals surface area contributed by atoms with Gasteiger partial charge in [-0.05, 0) is 65.4 Å². The van der Waals surface area contributed by atoms with Crippen LogP contribution in [0.1, 0.15) is 0 Å². The Hall–Kier alpha value is -5.41. The van der Waals surface area contributed by atoms with Gasteiger partial charge in [0, 0.05) is 43.9 Å². The standard InChI is InChI=1S/C23H17N5O10S.C16H11ClN2O2.Cr.2Na/c1-38-16-5-2-13(3-6-16)24-14-4-7-17-12(8-14)9-20(39(35,36)37)23(30)21(17)26-25-18-10-15(27(31)32)11-19(22(18)29)28(33)34;17-11-6-8-14(20)13(9-11)18-19-16-12-4-2-1-3-10(12)5-7-15(16)21;;;/h2-11,24,29-30H,1H3,(H,35,36,37);1-9,20-21H;;;/q;;+3;2*+1/p-5. The number of benzene rings is 7. The molecule has 19 nitrogen and oxygen atoms in total. The number of nitrogens with one attached hydrogen (secondary N) is 1. The topological polar surface area (TPSA) is 306 Å². The maximum absolute atomic E-state index is 12.9. The average Bonchev–Trinajstić information content (AvgIpc) is 3.21. The normalized spacial score (nSPS) is 10.9. The number of azo groups is 2. The van der Waals surface area contributed by atoms with Crippen LogP contribution in [0.25, 0.3) is 21.5 Å². The van der Waals surface area contributed by atoms with Crippen molar-refractivity contribution in [3.63, 3.8) is 0 Å². The minimum Gasteiger partial charge on any atom is -0.871 e. The first-order valence-electron chi connectivity index (χ1n) is 16.8. The molecule has 307 valence electrons. The molecule has 0 heterocycles. The Balaban J connectivity index is 0.000000373. The number of nitro groups is 2. The molecule has 0 unspecified atom stereocenters. The summed E-state index contributed by atoms with van der Waals surface area (Å²) in [5.41, 5.74) is -2.14. The van der Waals surface area contributed by atoms with Crippen LogP contribution in [0.2, 0.25) is 5.02 Å². The summed E-state index contributed by atoms with van der Waals surface area (Å²) in [6.07, 6.45) is 0. The largest absolute Gasteiger partial charge is 3.00 e. The number of hydrogen-bond donors (Lipinski definition) is 1. The van der Waals surface area contributed by atoms with E-state index < -0.39 is 59.1 Å². The zero-order chi connectivity index (χ0) is 43.3. The van der Waals surface area contributed by atoms with E-state index in [1.165, 1.54) is 49.6 Å². The van der Waals surface area contributed by atoms with Crippen LogP contribution in [-0.2, 0) is 27.5 Å². The van der Waals surface area contributed by atoms with Crippen LogP contribution in [0.5, 0.6) is 28.7 Å². The summed E-state index contributed by atoms with van der Waals surface area (Å²) < 4.78 is 40.5. The third kappa shape index (κ3) is 12.4. The molecule has 0 bridgehead atoms. The molecule has 0 aromatic heterocycles. The fraction of sp³-hybridized carbons (Fsp3) is 0.0256. The zero-order valence-electron chi connectivity index (χ0n) is 32.7. The predicted octanol–water partition coefficient (Wildman–Crippen LogP) is 1.94. The van der Waals surface area contributed by atoms with Crippen molar-refractivity contribution in [2.24, 2.45) is 20.5 Å². The van der Waals surface area contributed by atoms with Crippen molar-refractivity contribution >= 4 is 88.8 Å². The molecule has 0 spiro atoms. The first-order valence-corrected chi connectivity index (χ1v) is 18.6. The molecule has 7 aromatic rings. The van der Waals surface area contributed by atoms with Gasteiger partial charge in [0.15, 0.2) is 0 Å². The third-order valence-electron chi connectivity index (χ3n) is 8.42. The van der Waals surface area contributed by atoms with Crippen molar-refractivity contribution in [2.45, 2.75) is 4.90 Å². The predicted molar refractivity (Wildman–Crippen MR) is 209 cm³/mol. The number of nitrogens with zero attached hydrogens (tertiary/aromatic N) is 6. The summed E-state index contributed by atoms with van der Waals surface area (Å²) >= 11 is 5.82. The van der Waals surface area contributed by atoms with Crippen LogP contribution in [-0.4, -0.2) is 29.9 Å². The van der Waals surface area contributed by atoms with Crippen molar-refractivity contribution in [3.8, 4) is 28.7 Å². The average molecular weight is 947 g/mol. The number of ether oxygens (including phenoxy) is 1. The number of non-ortho nitro benzene ring substituents is 1. The Kier molecular flexibility index (Phi) is 18.4. The quantitative estimate of drug-likeness (QED) is 0.0675. The van der Waals surface area contributed by atoms with E-state index in [2.05, 4.69) is 25.8 Å². The molecule has 63 heavy (non-hydrogen) atoms. The summed E-state index contributed by atoms with van der Waals surface area (Å²) in [4.78, 5) is 19.0. The second kappa shape index (κ2) is 22.3. The van der Waals surface area contributed by atoms with Crippen molar-refractivity contribution < 1.29 is 124 Å². The zero-order valence-corrected chi connectivity index (χ0v) is 39.6. The molecule has 7 rings (SSSR count). The van der Waals surface area contributed by atoms with Gasteiger partial charge in [0.1, 0.15) is 15.9 Å². The van der Waals surface area contributed by atoms with Crippen molar-refractivity contribution in [1.82, 2.24) is 0 Å². The van der Waals surface area contributed by atoms with Gasteiger partial charge in [-0.25, -0.2) is 8.42 Å². The van der Waals surface area contributed by atoms with Crippen LogP contribution in [0, 0.1) is 20.2 Å². The van der Waals surface area contributed by atoms with Gasteiger partial charge in [0.2, 0.25) is 0 Å². The number of hydrogen-bond acceptors (Lipinski definition) is 17. The molecule has 0 aliphatic heterocycles. The van der Waals surface area contributed by atoms with E-state index >= 15 is 0 Å². The number of fused-ring (bicyclic) bond motifs is 2. The molecule has 0 aliphatic carbocycles. The summed E-state index contributed by atoms with van der Waals surface area (Å²) in [6.45, 7) is 0. The van der Waals surface area contributed by atoms with Crippen LogP contribution in [0.15, 0.2) is 141 Å². The van der Waals surface area contributed by atoms with Gasteiger partial charge in [-0.1, -0.05) is 77.4 Å². The fourth-order valence-corrected chi connectivity index (χ4v) is 6.32. The minimum absolute atomic E-state index is 0. The molecule has 0 fully saturated rings. The molecule has 1 radical (unpaired) electrons. The number of halogens is 1. The molecule has 0 amide bonds. The molecule has 7 aromatic carbocycles. The maximum atomic E-state index is 12.9. The Bertz CT molecular complexity index is 3020. The molecular formula is C39H23ClCrN7Na2O12S. The van der Waals surface area contributed by atoms with Gasteiger partial charge >= 0.3 is 76.5 Å². The summed E-state index contributed by atoms with van der Waals surface area (Å²) in [6, 6.07) is 27.8. The van der Waals surface area contributed by atoms with E-state index in [4.69, 9.17) is 16.3 Å². The molecule has 0 atom stereocenters. The van der Waals surface area contributed by atoms with Gasteiger partial charge in [0.25, 0.3) is 11.4 Å². The number of nitro benzene ring substituents is 2. The minimum atomic E-state index is -5.29. The van der Waals surface area contributed by atoms with E-state index in [0.29, 0.717) is 39.7 Å². The Morgan fingerprint density at radius 2 is 1.25 bits per heavy atom. The van der Waals surface area contributed by atoms with Gasteiger partial charge in [-0.2, -0.15) is 20.5 Å². The molecule has 0 aliphatic rings. The van der Waals surface area contributed by atoms with Crippen LogP contribution < -0.4 is 89.6 Å². The SMILES string of the molecule is COc1ccc(Nc2ccc3c(N=Nc4cc([N+](=O)[O-])cc([N+](=O)[O-])c4[O-])c([O-])c(S(=O)(=O)[O-])cc3c2)cc1.[Cr+3].[Na+].[Na+].[O-]c1ccc(Cl)cc1N=Nc1c([O-])ccc2ccccc12. The van der Waals surface area contributed by atoms with Gasteiger partial charge in [-0.15, -0.1) is 0 Å². The van der Waals surface area contributed by atoms with Crippen LogP contribution in [0.4, 0.5) is 45.5 Å². The van der Waals surface area contributed by atoms with Gasteiger partial charge in [-0.3, -0.25) is 20.2 Å². The molecule has 0 saturated carbocycles. The second-order valence-corrected chi connectivity index (χ2v) is 14.1. The Morgan fingerprint density at radius 1 is 0.635 bits per heavy atom. The fourth-order valence-electron chi connectivity index (χ4n) is 5.56. The molecule has 24 heteroatoms. The van der Waals surface area contributed by atoms with Gasteiger partial charge < -0.3 is 35.0 Å². The van der Waals surface area contributed by atoms with Crippen molar-refractivity contribution in [1.29, 1.82) is 0 Å². The first-order chi connectivity index (χ1) is 28.5. The smallest absolute Gasteiger partial charge is 0.871 e. The summed E-state index contributed by atoms with van der Waals surface area (Å²) in [5, 5.41) is 91.2. The summed E-state index contributed by atoms with van der Waals surface area (Å²) in [7, 11) is -3.79. The van der Waals surface area contributed by atoms with E-state index in [1.54, 1.807) is 36.4 Å². The second-order valence-electron chi connectivity index (χ2n) is 12.3. The number of anilines is 2. The first kappa shape index (κ1) is 51.9. The monoisotopic (exact) mass is 946 g/mol.